The Balaban J connectivity index is 0.00000106. The molecule has 67 heavy (non-hydrogen) atoms. The predicted molar refractivity (Wildman–Crippen MR) is 240 cm³/mol. The van der Waals surface area contributed by atoms with Crippen LogP contribution >= 0.6 is 24.0 Å². The van der Waals surface area contributed by atoms with E-state index in [0.717, 1.165) is 24.2 Å². The molecule has 4 heterocycles. The smallest absolute Gasteiger partial charge is 1.00 e. The summed E-state index contributed by atoms with van der Waals surface area (Å²) < 4.78 is 41.2. The molecule has 0 bridgehead atoms. The number of hydrogen-bond acceptors (Lipinski definition) is 15. The number of methoxy groups -OCH3 is 2. The van der Waals surface area contributed by atoms with Gasteiger partial charge in [-0.15, -0.1) is 12.4 Å². The Hall–Kier alpha value is -3.56. The molecule has 15 nitrogen and oxygen atoms in total. The number of nitrogens with zero attached hydrogens (tertiary/aromatic N) is 7. The largest absolute Gasteiger partial charge is 1.00 e. The van der Waals surface area contributed by atoms with Gasteiger partial charge in [-0.3, -0.25) is 4.79 Å². The molecule has 2 aliphatic heterocycles. The quantitative estimate of drug-likeness (QED) is 0.0537. The van der Waals surface area contributed by atoms with Gasteiger partial charge in [0.05, 0.1) is 60.8 Å². The fraction of sp³-hybridized carbons (Fsp3) is 0.239. The van der Waals surface area contributed by atoms with E-state index in [1.54, 1.807) is 97.6 Å². The number of β-amino-alcohol motifs (C(OH)–C–C–N with tert-alkyl or cyclic N) is 2. The van der Waals surface area contributed by atoms with Crippen molar-refractivity contribution in [2.24, 2.45) is 0 Å². The number of hydrogen-bond donors (Lipinski definition) is 3. The molecule has 0 radical (unpaired) electrons. The van der Waals surface area contributed by atoms with Gasteiger partial charge in [-0.25, -0.2) is 28.7 Å². The van der Waals surface area contributed by atoms with Crippen molar-refractivity contribution in [2.45, 2.75) is 32.5 Å². The van der Waals surface area contributed by atoms with E-state index in [1.807, 2.05) is 4.90 Å². The number of benzene rings is 4. The molecule has 4 aromatic carbocycles. The SMILES string of the molecule is C.COc1ccc(Cc2cnc(Cl)nc2)c(F)c1-c1cccc(C#N)c1.COc1ccc(Cc2cnc(N3CC(O)C3)nc2)c(F)c1-c1cccc(C#N)c1.Cl.O=CO[O-].OC1CNC1.[H-].[K+].[K+]. The Labute approximate surface area is 485 Å². The number of aromatic nitrogens is 4. The first-order valence-corrected chi connectivity index (χ1v) is 19.4. The third kappa shape index (κ3) is 17.7. The molecular formula is C46H46Cl2F2K2N8O7. The molecular weight excluding hydrogens is 964 g/mol. The van der Waals surface area contributed by atoms with Crippen LogP contribution in [0, 0.1) is 34.3 Å². The van der Waals surface area contributed by atoms with Gasteiger partial charge in [0.15, 0.2) is 0 Å². The van der Waals surface area contributed by atoms with E-state index in [-0.39, 0.29) is 148 Å². The molecule has 3 N–H and O–H groups in total. The standard InChI is InChI=1S/C22H19FN4O2.C19H13ClFN3O.C3H7NO.CH2O3.CH4.ClH.2K.H/c1-29-19-6-5-17(21(23)20(19)16-4-2-3-14(7-16)9-24)8-15-10-25-22(26-11-15)27-12-18(28)13-27;1-25-16-6-5-15(8-13-10-23-19(20)24-11-13)18(21)17(16)14-4-2-3-12(7-14)9-22;5-3-1-4-2-3;2-1-4-3;;;;;/h2-7,10-11,18,28H,8,12-13H2,1H3;2-7,10-11H,8H2,1H3;3-5H,1-2H2;1,3H;1H4;1H;;;/q;;;;;;2*+1;-1/p-1. The Kier molecular flexibility index (Phi) is 28.9. The fourth-order valence-electron chi connectivity index (χ4n) is 6.21. The number of halogens is 4. The molecule has 21 heteroatoms. The van der Waals surface area contributed by atoms with Gasteiger partial charge in [0.25, 0.3) is 6.47 Å². The van der Waals surface area contributed by atoms with Crippen LogP contribution in [-0.2, 0) is 22.5 Å². The molecule has 342 valence electrons. The topological polar surface area (TPSA) is 223 Å². The van der Waals surface area contributed by atoms with Gasteiger partial charge in [0.1, 0.15) is 23.1 Å². The summed E-state index contributed by atoms with van der Waals surface area (Å²) >= 11 is 5.68. The Morgan fingerprint density at radius 2 is 1.19 bits per heavy atom. The number of anilines is 1. The maximum atomic E-state index is 15.4. The zero-order valence-electron chi connectivity index (χ0n) is 37.3. The molecule has 8 rings (SSSR count). The zero-order valence-corrected chi connectivity index (χ0v) is 44.1. The molecule has 2 aliphatic rings. The Morgan fingerprint density at radius 1 is 0.791 bits per heavy atom. The molecule has 0 aliphatic carbocycles. The van der Waals surface area contributed by atoms with E-state index in [0.29, 0.717) is 87.9 Å². The third-order valence-electron chi connectivity index (χ3n) is 9.47. The van der Waals surface area contributed by atoms with E-state index < -0.39 is 11.6 Å². The number of nitrogens with one attached hydrogen (secondary N) is 1. The van der Waals surface area contributed by atoms with E-state index >= 15 is 8.78 Å². The second-order valence-electron chi connectivity index (χ2n) is 13.8. The van der Waals surface area contributed by atoms with Crippen LogP contribution in [-0.4, -0.2) is 89.2 Å². The Bertz CT molecular complexity index is 2580. The van der Waals surface area contributed by atoms with Crippen molar-refractivity contribution in [1.82, 2.24) is 25.3 Å². The van der Waals surface area contributed by atoms with Crippen LogP contribution in [0.15, 0.2) is 97.6 Å². The number of rotatable bonds is 10. The minimum Gasteiger partial charge on any atom is -1.00 e. The van der Waals surface area contributed by atoms with Gasteiger partial charge in [-0.2, -0.15) is 10.5 Å². The molecule has 0 saturated carbocycles. The first-order chi connectivity index (χ1) is 30.5. The minimum absolute atomic E-state index is 0. The van der Waals surface area contributed by atoms with Gasteiger partial charge in [0.2, 0.25) is 11.2 Å². The van der Waals surface area contributed by atoms with Gasteiger partial charge >= 0.3 is 103 Å². The number of carbonyl (C=O) groups excluding carboxylic acids is 1. The fourth-order valence-corrected chi connectivity index (χ4v) is 6.31. The number of aliphatic hydroxyl groups excluding tert-OH is 2. The first kappa shape index (κ1) is 61.5. The molecule has 2 saturated heterocycles. The molecule has 2 fully saturated rings. The summed E-state index contributed by atoms with van der Waals surface area (Å²) in [5, 5.41) is 47.5. The second kappa shape index (κ2) is 31.5. The van der Waals surface area contributed by atoms with Crippen LogP contribution in [0.1, 0.15) is 42.2 Å². The first-order valence-electron chi connectivity index (χ1n) is 19.0. The molecule has 0 amide bonds. The summed E-state index contributed by atoms with van der Waals surface area (Å²) in [6.07, 6.45) is 6.74. The van der Waals surface area contributed by atoms with E-state index in [2.05, 4.69) is 42.3 Å². The number of nitriles is 2. The second-order valence-corrected chi connectivity index (χ2v) is 14.1. The minimum atomic E-state index is -0.399. The number of aliphatic hydroxyl groups is 2. The van der Waals surface area contributed by atoms with Crippen molar-refractivity contribution in [3.05, 3.63) is 148 Å². The summed E-state index contributed by atoms with van der Waals surface area (Å²) in [6.45, 7) is 2.45. The van der Waals surface area contributed by atoms with Gasteiger partial charge < -0.3 is 41.5 Å². The summed E-state index contributed by atoms with van der Waals surface area (Å²) in [6, 6.07) is 24.5. The van der Waals surface area contributed by atoms with Crippen LogP contribution in [0.4, 0.5) is 14.7 Å². The van der Waals surface area contributed by atoms with E-state index in [1.165, 1.54) is 14.2 Å². The van der Waals surface area contributed by atoms with Crippen LogP contribution in [0.5, 0.6) is 11.5 Å². The molecule has 0 spiro atoms. The zero-order chi connectivity index (χ0) is 45.3. The van der Waals surface area contributed by atoms with Crippen molar-refractivity contribution >= 4 is 36.4 Å². The predicted octanol–water partition coefficient (Wildman–Crippen LogP) is -0.0945. The van der Waals surface area contributed by atoms with E-state index in [9.17, 15) is 5.11 Å². The molecule has 6 aromatic rings. The van der Waals surface area contributed by atoms with Crippen LogP contribution in [0.25, 0.3) is 22.3 Å². The van der Waals surface area contributed by atoms with Crippen molar-refractivity contribution in [3.8, 4) is 45.9 Å². The monoisotopic (exact) mass is 1010 g/mol. The van der Waals surface area contributed by atoms with Gasteiger partial charge in [0, 0.05) is 63.8 Å². The number of ether oxygens (including phenoxy) is 2. The summed E-state index contributed by atoms with van der Waals surface area (Å²) in [4.78, 5) is 29.6. The third-order valence-corrected chi connectivity index (χ3v) is 9.66. The maximum Gasteiger partial charge on any atom is 1.00 e. The summed E-state index contributed by atoms with van der Waals surface area (Å²) in [5.41, 5.74) is 5.21. The Morgan fingerprint density at radius 3 is 1.52 bits per heavy atom. The average molecular weight is 1010 g/mol. The van der Waals surface area contributed by atoms with Gasteiger partial charge in [-0.1, -0.05) is 43.8 Å². The van der Waals surface area contributed by atoms with Crippen molar-refractivity contribution in [2.75, 3.05) is 45.3 Å². The molecule has 2 aromatic heterocycles. The van der Waals surface area contributed by atoms with Crippen molar-refractivity contribution in [3.63, 3.8) is 0 Å². The van der Waals surface area contributed by atoms with Crippen LogP contribution in [0.2, 0.25) is 5.28 Å². The van der Waals surface area contributed by atoms with Gasteiger partial charge in [-0.05, 0) is 81.4 Å². The number of carbonyl (C=O) groups is 1. The van der Waals surface area contributed by atoms with Crippen molar-refractivity contribution < 1.29 is 148 Å². The average Bonchev–Trinajstić information content (AvgIpc) is 3.29. The van der Waals surface area contributed by atoms with Crippen molar-refractivity contribution in [1.29, 1.82) is 10.5 Å². The van der Waals surface area contributed by atoms with Crippen LogP contribution < -0.4 is 128 Å². The summed E-state index contributed by atoms with van der Waals surface area (Å²) in [7, 11) is 2.98. The molecule has 0 atom stereocenters. The van der Waals surface area contributed by atoms with E-state index in [4.69, 9.17) is 46.8 Å². The maximum absolute atomic E-state index is 15.4. The van der Waals surface area contributed by atoms with Crippen LogP contribution in [0.3, 0.4) is 0 Å². The normalized spacial score (nSPS) is 12.0. The molecule has 0 unspecified atom stereocenters. The summed E-state index contributed by atoms with van der Waals surface area (Å²) in [5.74, 6) is 0.579.